The molecule has 4 heteroatoms. The first-order chi connectivity index (χ1) is 7.72. The second kappa shape index (κ2) is 6.35. The highest BCUT2D eigenvalue weighted by Crippen LogP contribution is 2.28. The van der Waals surface area contributed by atoms with Gasteiger partial charge in [0.05, 0.1) is 14.2 Å². The molecule has 0 heterocycles. The van der Waals surface area contributed by atoms with Crippen LogP contribution in [0, 0.1) is 6.92 Å². The minimum atomic E-state index is 0.636. The molecule has 1 aromatic rings. The third-order valence-electron chi connectivity index (χ3n) is 2.48. The van der Waals surface area contributed by atoms with E-state index in [1.165, 1.54) is 0 Å². The molecule has 0 aliphatic carbocycles. The molecule has 1 aromatic carbocycles. The fraction of sp³-hybridized carbons (Fsp3) is 0.500. The SMILES string of the molecule is COc1cc(C)c(CNCCN)c(OC)c1. The van der Waals surface area contributed by atoms with Crippen molar-refractivity contribution in [2.75, 3.05) is 27.3 Å². The lowest BCUT2D eigenvalue weighted by Crippen LogP contribution is -2.22. The van der Waals surface area contributed by atoms with Crippen molar-refractivity contribution in [2.24, 2.45) is 5.73 Å². The highest BCUT2D eigenvalue weighted by atomic mass is 16.5. The fourth-order valence-corrected chi connectivity index (χ4v) is 1.59. The van der Waals surface area contributed by atoms with Gasteiger partial charge in [-0.05, 0) is 18.6 Å². The second-order valence-electron chi connectivity index (χ2n) is 3.59. The Morgan fingerprint density at radius 1 is 1.25 bits per heavy atom. The van der Waals surface area contributed by atoms with Crippen molar-refractivity contribution in [2.45, 2.75) is 13.5 Å². The molecule has 1 rings (SSSR count). The van der Waals surface area contributed by atoms with Crippen LogP contribution < -0.4 is 20.5 Å². The molecule has 0 fully saturated rings. The third-order valence-corrected chi connectivity index (χ3v) is 2.48. The van der Waals surface area contributed by atoms with E-state index < -0.39 is 0 Å². The molecule has 0 unspecified atom stereocenters. The Morgan fingerprint density at radius 2 is 2.00 bits per heavy atom. The van der Waals surface area contributed by atoms with Gasteiger partial charge in [-0.3, -0.25) is 0 Å². The van der Waals surface area contributed by atoms with Crippen molar-refractivity contribution < 1.29 is 9.47 Å². The summed E-state index contributed by atoms with van der Waals surface area (Å²) in [5.41, 5.74) is 7.74. The molecule has 0 saturated carbocycles. The van der Waals surface area contributed by atoms with Crippen molar-refractivity contribution in [3.63, 3.8) is 0 Å². The number of nitrogens with two attached hydrogens (primary N) is 1. The van der Waals surface area contributed by atoms with Gasteiger partial charge in [0.25, 0.3) is 0 Å². The first-order valence-electron chi connectivity index (χ1n) is 5.35. The summed E-state index contributed by atoms with van der Waals surface area (Å²) in [5, 5.41) is 3.26. The van der Waals surface area contributed by atoms with E-state index >= 15 is 0 Å². The standard InChI is InChI=1S/C12H20N2O2/c1-9-6-10(15-2)7-12(16-3)11(9)8-14-5-4-13/h6-7,14H,4-5,8,13H2,1-3H3. The van der Waals surface area contributed by atoms with Gasteiger partial charge in [-0.25, -0.2) is 0 Å². The summed E-state index contributed by atoms with van der Waals surface area (Å²) in [6, 6.07) is 3.90. The average molecular weight is 224 g/mol. The average Bonchev–Trinajstić information content (AvgIpc) is 2.30. The Hall–Kier alpha value is -1.26. The first-order valence-corrected chi connectivity index (χ1v) is 5.35. The number of hydrogen-bond acceptors (Lipinski definition) is 4. The van der Waals surface area contributed by atoms with Crippen LogP contribution in [0.3, 0.4) is 0 Å². The van der Waals surface area contributed by atoms with Crippen molar-refractivity contribution in [1.29, 1.82) is 0 Å². The first kappa shape index (κ1) is 12.8. The molecule has 0 atom stereocenters. The van der Waals surface area contributed by atoms with Gasteiger partial charge in [-0.1, -0.05) is 0 Å². The number of ether oxygens (including phenoxy) is 2. The number of benzene rings is 1. The zero-order chi connectivity index (χ0) is 12.0. The van der Waals surface area contributed by atoms with Gasteiger partial charge in [0.2, 0.25) is 0 Å². The van der Waals surface area contributed by atoms with Crippen molar-refractivity contribution in [3.05, 3.63) is 23.3 Å². The minimum Gasteiger partial charge on any atom is -0.497 e. The summed E-state index contributed by atoms with van der Waals surface area (Å²) in [6.45, 7) is 4.24. The van der Waals surface area contributed by atoms with Gasteiger partial charge in [-0.2, -0.15) is 0 Å². The molecule has 0 amide bonds. The third kappa shape index (κ3) is 3.12. The van der Waals surface area contributed by atoms with Crippen LogP contribution in [0.4, 0.5) is 0 Å². The summed E-state index contributed by atoms with van der Waals surface area (Å²) in [7, 11) is 3.32. The Morgan fingerprint density at radius 3 is 2.56 bits per heavy atom. The molecule has 0 spiro atoms. The van der Waals surface area contributed by atoms with Crippen LogP contribution in [0.25, 0.3) is 0 Å². The van der Waals surface area contributed by atoms with Gasteiger partial charge in [-0.15, -0.1) is 0 Å². The number of methoxy groups -OCH3 is 2. The van der Waals surface area contributed by atoms with Gasteiger partial charge in [0.15, 0.2) is 0 Å². The van der Waals surface area contributed by atoms with Crippen LogP contribution in [0.5, 0.6) is 11.5 Å². The van der Waals surface area contributed by atoms with Gasteiger partial charge in [0, 0.05) is 31.3 Å². The topological polar surface area (TPSA) is 56.5 Å². The molecule has 0 radical (unpaired) electrons. The monoisotopic (exact) mass is 224 g/mol. The quantitative estimate of drug-likeness (QED) is 0.709. The van der Waals surface area contributed by atoms with Crippen LogP contribution in [0.2, 0.25) is 0 Å². The highest BCUT2D eigenvalue weighted by Gasteiger charge is 2.08. The molecule has 0 aliphatic rings. The minimum absolute atomic E-state index is 0.636. The van der Waals surface area contributed by atoms with E-state index in [0.29, 0.717) is 6.54 Å². The van der Waals surface area contributed by atoms with Crippen LogP contribution in [-0.4, -0.2) is 27.3 Å². The Labute approximate surface area is 96.7 Å². The zero-order valence-corrected chi connectivity index (χ0v) is 10.2. The van der Waals surface area contributed by atoms with Crippen molar-refractivity contribution >= 4 is 0 Å². The maximum absolute atomic E-state index is 5.43. The normalized spacial score (nSPS) is 10.2. The molecule has 0 aliphatic heterocycles. The zero-order valence-electron chi connectivity index (χ0n) is 10.2. The second-order valence-corrected chi connectivity index (χ2v) is 3.59. The van der Waals surface area contributed by atoms with E-state index in [1.807, 2.05) is 19.1 Å². The van der Waals surface area contributed by atoms with E-state index in [4.69, 9.17) is 15.2 Å². The number of hydrogen-bond donors (Lipinski definition) is 2. The van der Waals surface area contributed by atoms with Crippen molar-refractivity contribution in [3.8, 4) is 11.5 Å². The summed E-state index contributed by atoms with van der Waals surface area (Å²) in [6.07, 6.45) is 0. The lowest BCUT2D eigenvalue weighted by molar-refractivity contribution is 0.389. The predicted octanol–water partition coefficient (Wildman–Crippen LogP) is 1.06. The molecule has 90 valence electrons. The lowest BCUT2D eigenvalue weighted by Gasteiger charge is -2.14. The Bertz CT molecular complexity index is 340. The van der Waals surface area contributed by atoms with Crippen LogP contribution in [0.1, 0.15) is 11.1 Å². The Balaban J connectivity index is 2.88. The summed E-state index contributed by atoms with van der Waals surface area (Å²) >= 11 is 0. The molecule has 0 aromatic heterocycles. The predicted molar refractivity (Wildman–Crippen MR) is 65.0 cm³/mol. The molecular formula is C12H20N2O2. The molecule has 16 heavy (non-hydrogen) atoms. The summed E-state index contributed by atoms with van der Waals surface area (Å²) in [5.74, 6) is 1.67. The van der Waals surface area contributed by atoms with Crippen LogP contribution in [-0.2, 0) is 6.54 Å². The smallest absolute Gasteiger partial charge is 0.127 e. The molecule has 3 N–H and O–H groups in total. The van der Waals surface area contributed by atoms with E-state index in [9.17, 15) is 0 Å². The fourth-order valence-electron chi connectivity index (χ4n) is 1.59. The highest BCUT2D eigenvalue weighted by molar-refractivity contribution is 5.46. The number of aryl methyl sites for hydroxylation is 1. The maximum Gasteiger partial charge on any atom is 0.127 e. The lowest BCUT2D eigenvalue weighted by atomic mass is 10.1. The number of nitrogens with one attached hydrogen (secondary N) is 1. The molecule has 4 nitrogen and oxygen atoms in total. The van der Waals surface area contributed by atoms with Gasteiger partial charge in [0.1, 0.15) is 11.5 Å². The Kier molecular flexibility index (Phi) is 5.08. The van der Waals surface area contributed by atoms with Gasteiger partial charge < -0.3 is 20.5 Å². The van der Waals surface area contributed by atoms with E-state index in [2.05, 4.69) is 5.32 Å². The van der Waals surface area contributed by atoms with E-state index in [-0.39, 0.29) is 0 Å². The van der Waals surface area contributed by atoms with Crippen LogP contribution >= 0.6 is 0 Å². The van der Waals surface area contributed by atoms with Gasteiger partial charge >= 0.3 is 0 Å². The van der Waals surface area contributed by atoms with Crippen LogP contribution in [0.15, 0.2) is 12.1 Å². The van der Waals surface area contributed by atoms with E-state index in [1.54, 1.807) is 14.2 Å². The van der Waals surface area contributed by atoms with Crippen molar-refractivity contribution in [1.82, 2.24) is 5.32 Å². The molecule has 0 bridgehead atoms. The van der Waals surface area contributed by atoms with E-state index in [0.717, 1.165) is 35.7 Å². The summed E-state index contributed by atoms with van der Waals surface area (Å²) in [4.78, 5) is 0. The molecular weight excluding hydrogens is 204 g/mol. The maximum atomic E-state index is 5.43. The summed E-state index contributed by atoms with van der Waals surface area (Å²) < 4.78 is 10.5. The molecule has 0 saturated heterocycles. The number of rotatable bonds is 6. The largest absolute Gasteiger partial charge is 0.497 e.